The van der Waals surface area contributed by atoms with Crippen LogP contribution in [-0.4, -0.2) is 56.4 Å². The molecule has 0 aliphatic carbocycles. The maximum atomic E-state index is 11.3. The highest BCUT2D eigenvalue weighted by Crippen LogP contribution is 2.10. The fraction of sp³-hybridized carbons (Fsp3) is 0.700. The highest BCUT2D eigenvalue weighted by molar-refractivity contribution is 7.89. The van der Waals surface area contributed by atoms with Gasteiger partial charge in [-0.25, -0.2) is 13.1 Å². The second kappa shape index (κ2) is 7.80. The molecule has 0 radical (unpaired) electrons. The molecular formula is C10H20N6O3S. The molecule has 0 saturated heterocycles. The first kappa shape index (κ1) is 16.4. The minimum absolute atomic E-state index is 0.0742. The first-order valence-electron chi connectivity index (χ1n) is 6.22. The quantitative estimate of drug-likeness (QED) is 0.567. The van der Waals surface area contributed by atoms with Crippen molar-refractivity contribution in [3.05, 3.63) is 0 Å². The Balaban J connectivity index is 2.68. The van der Waals surface area contributed by atoms with E-state index in [1.165, 1.54) is 7.05 Å². The van der Waals surface area contributed by atoms with Gasteiger partial charge in [-0.05, 0) is 13.5 Å². The Morgan fingerprint density at radius 3 is 2.45 bits per heavy atom. The van der Waals surface area contributed by atoms with Crippen molar-refractivity contribution in [2.75, 3.05) is 43.6 Å². The normalized spacial score (nSPS) is 11.2. The minimum Gasteiger partial charge on any atom is -0.463 e. The molecule has 20 heavy (non-hydrogen) atoms. The van der Waals surface area contributed by atoms with Gasteiger partial charge in [-0.2, -0.15) is 15.0 Å². The zero-order chi connectivity index (χ0) is 15.0. The van der Waals surface area contributed by atoms with Gasteiger partial charge in [0.2, 0.25) is 21.9 Å². The summed E-state index contributed by atoms with van der Waals surface area (Å²) in [7, 11) is -0.216. The van der Waals surface area contributed by atoms with E-state index in [-0.39, 0.29) is 24.3 Å². The monoisotopic (exact) mass is 304 g/mol. The number of nitrogens with one attached hydrogen (secondary N) is 3. The molecule has 0 bridgehead atoms. The van der Waals surface area contributed by atoms with E-state index < -0.39 is 10.0 Å². The molecule has 0 unspecified atom stereocenters. The third kappa shape index (κ3) is 5.53. The fourth-order valence-corrected chi connectivity index (χ4v) is 1.78. The van der Waals surface area contributed by atoms with E-state index in [2.05, 4.69) is 30.3 Å². The van der Waals surface area contributed by atoms with Crippen LogP contribution in [0.4, 0.5) is 11.9 Å². The Bertz CT molecular complexity index is 522. The van der Waals surface area contributed by atoms with Crippen LogP contribution in [0, 0.1) is 0 Å². The van der Waals surface area contributed by atoms with Gasteiger partial charge in [-0.15, -0.1) is 0 Å². The molecular weight excluding hydrogens is 284 g/mol. The number of hydrogen-bond donors (Lipinski definition) is 3. The molecule has 10 heteroatoms. The van der Waals surface area contributed by atoms with Crippen LogP contribution < -0.4 is 20.1 Å². The summed E-state index contributed by atoms with van der Waals surface area (Å²) in [4.78, 5) is 12.2. The molecule has 1 aromatic heterocycles. The van der Waals surface area contributed by atoms with Crippen LogP contribution >= 0.6 is 0 Å². The third-order valence-corrected chi connectivity index (χ3v) is 3.60. The van der Waals surface area contributed by atoms with Crippen LogP contribution in [0.15, 0.2) is 0 Å². The Kier molecular flexibility index (Phi) is 6.39. The summed E-state index contributed by atoms with van der Waals surface area (Å²) in [5, 5.41) is 5.61. The zero-order valence-corrected chi connectivity index (χ0v) is 12.6. The van der Waals surface area contributed by atoms with Crippen molar-refractivity contribution in [1.82, 2.24) is 19.7 Å². The largest absolute Gasteiger partial charge is 0.463 e. The molecule has 1 heterocycles. The van der Waals surface area contributed by atoms with E-state index in [0.717, 1.165) is 6.42 Å². The van der Waals surface area contributed by atoms with E-state index >= 15 is 0 Å². The number of ether oxygens (including phenoxy) is 1. The Morgan fingerprint density at radius 2 is 1.85 bits per heavy atom. The molecule has 114 valence electrons. The van der Waals surface area contributed by atoms with Crippen molar-refractivity contribution in [1.29, 1.82) is 0 Å². The number of rotatable bonds is 9. The molecule has 0 fully saturated rings. The summed E-state index contributed by atoms with van der Waals surface area (Å²) in [6.07, 6.45) is 0.837. The van der Waals surface area contributed by atoms with E-state index in [4.69, 9.17) is 4.74 Å². The van der Waals surface area contributed by atoms with Crippen LogP contribution in [0.1, 0.15) is 13.3 Å². The SMILES string of the molecule is CCCOc1nc(NC)nc(NCCS(=O)(=O)NC)n1. The lowest BCUT2D eigenvalue weighted by Gasteiger charge is -2.09. The molecule has 3 N–H and O–H groups in total. The maximum absolute atomic E-state index is 11.3. The van der Waals surface area contributed by atoms with Gasteiger partial charge in [-0.3, -0.25) is 0 Å². The van der Waals surface area contributed by atoms with Crippen molar-refractivity contribution < 1.29 is 13.2 Å². The molecule has 9 nitrogen and oxygen atoms in total. The molecule has 0 saturated carbocycles. The molecule has 0 aromatic carbocycles. The van der Waals surface area contributed by atoms with E-state index in [0.29, 0.717) is 12.6 Å². The Morgan fingerprint density at radius 1 is 1.15 bits per heavy atom. The molecule has 0 atom stereocenters. The van der Waals surface area contributed by atoms with Crippen molar-refractivity contribution >= 4 is 21.9 Å². The lowest BCUT2D eigenvalue weighted by molar-refractivity contribution is 0.292. The van der Waals surface area contributed by atoms with Gasteiger partial charge < -0.3 is 15.4 Å². The lowest BCUT2D eigenvalue weighted by atomic mass is 10.5. The zero-order valence-electron chi connectivity index (χ0n) is 11.8. The number of hydrogen-bond acceptors (Lipinski definition) is 8. The lowest BCUT2D eigenvalue weighted by Crippen LogP contribution is -2.26. The van der Waals surface area contributed by atoms with Crippen molar-refractivity contribution in [3.8, 4) is 6.01 Å². The highest BCUT2D eigenvalue weighted by Gasteiger charge is 2.09. The van der Waals surface area contributed by atoms with Gasteiger partial charge in [0.1, 0.15) is 0 Å². The third-order valence-electron chi connectivity index (χ3n) is 2.24. The van der Waals surface area contributed by atoms with Crippen LogP contribution in [-0.2, 0) is 10.0 Å². The van der Waals surface area contributed by atoms with Crippen molar-refractivity contribution in [2.24, 2.45) is 0 Å². The summed E-state index contributed by atoms with van der Waals surface area (Å²) < 4.78 is 30.1. The number of nitrogens with zero attached hydrogens (tertiary/aromatic N) is 3. The van der Waals surface area contributed by atoms with Crippen LogP contribution in [0.25, 0.3) is 0 Å². The number of anilines is 2. The smallest absolute Gasteiger partial charge is 0.323 e. The summed E-state index contributed by atoms with van der Waals surface area (Å²) in [6, 6.07) is 0.199. The van der Waals surface area contributed by atoms with Crippen LogP contribution in [0.2, 0.25) is 0 Å². The second-order valence-corrected chi connectivity index (χ2v) is 5.86. The fourth-order valence-electron chi connectivity index (χ4n) is 1.20. The summed E-state index contributed by atoms with van der Waals surface area (Å²) in [5.41, 5.74) is 0. The second-order valence-electron chi connectivity index (χ2n) is 3.81. The van der Waals surface area contributed by atoms with Gasteiger partial charge in [0, 0.05) is 13.6 Å². The number of sulfonamides is 1. The first-order valence-corrected chi connectivity index (χ1v) is 7.87. The van der Waals surface area contributed by atoms with E-state index in [9.17, 15) is 8.42 Å². The van der Waals surface area contributed by atoms with Gasteiger partial charge in [0.15, 0.2) is 0 Å². The molecule has 1 aromatic rings. The topological polar surface area (TPSA) is 118 Å². The minimum atomic E-state index is -3.26. The van der Waals surface area contributed by atoms with E-state index in [1.54, 1.807) is 7.05 Å². The van der Waals surface area contributed by atoms with Crippen LogP contribution in [0.5, 0.6) is 6.01 Å². The molecule has 0 amide bonds. The predicted octanol–water partition coefficient (Wildman–Crippen LogP) is -0.337. The molecule has 0 spiro atoms. The Labute approximate surface area is 118 Å². The first-order chi connectivity index (χ1) is 9.50. The molecule has 1 rings (SSSR count). The molecule has 0 aliphatic heterocycles. The van der Waals surface area contributed by atoms with Gasteiger partial charge in [0.05, 0.1) is 12.4 Å². The average Bonchev–Trinajstić information content (AvgIpc) is 2.44. The summed E-state index contributed by atoms with van der Waals surface area (Å²) >= 11 is 0. The van der Waals surface area contributed by atoms with Crippen molar-refractivity contribution in [3.63, 3.8) is 0 Å². The summed E-state index contributed by atoms with van der Waals surface area (Å²) in [6.45, 7) is 2.66. The Hall–Kier alpha value is -1.68. The highest BCUT2D eigenvalue weighted by atomic mass is 32.2. The van der Waals surface area contributed by atoms with Gasteiger partial charge in [0.25, 0.3) is 0 Å². The van der Waals surface area contributed by atoms with Gasteiger partial charge in [-0.1, -0.05) is 6.92 Å². The summed E-state index contributed by atoms with van der Waals surface area (Å²) in [5.74, 6) is 0.543. The van der Waals surface area contributed by atoms with E-state index in [1.807, 2.05) is 6.92 Å². The molecule has 0 aliphatic rings. The predicted molar refractivity (Wildman–Crippen MR) is 76.5 cm³/mol. The van der Waals surface area contributed by atoms with Crippen LogP contribution in [0.3, 0.4) is 0 Å². The maximum Gasteiger partial charge on any atom is 0.323 e. The number of aromatic nitrogens is 3. The average molecular weight is 304 g/mol. The standard InChI is InChI=1S/C10H20N6O3S/c1-4-6-19-10-15-8(11-2)14-9(16-10)13-5-7-20(17,18)12-3/h12H,4-7H2,1-3H3,(H2,11,13,14,15,16). The van der Waals surface area contributed by atoms with Gasteiger partial charge >= 0.3 is 6.01 Å². The van der Waals surface area contributed by atoms with Crippen molar-refractivity contribution in [2.45, 2.75) is 13.3 Å².